The van der Waals surface area contributed by atoms with Crippen LogP contribution in [0.1, 0.15) is 30.3 Å². The van der Waals surface area contributed by atoms with Crippen molar-refractivity contribution in [3.05, 3.63) is 40.1 Å². The van der Waals surface area contributed by atoms with Gasteiger partial charge in [-0.2, -0.15) is 9.71 Å². The molecular weight excluding hydrogens is 304 g/mol. The molecule has 9 heteroatoms. The van der Waals surface area contributed by atoms with E-state index in [1.807, 2.05) is 6.92 Å². The Kier molecular flexibility index (Phi) is 4.79. The first-order valence-electron chi connectivity index (χ1n) is 6.99. The lowest BCUT2D eigenvalue weighted by atomic mass is 10.2. The summed E-state index contributed by atoms with van der Waals surface area (Å²) >= 11 is 0. The van der Waals surface area contributed by atoms with Crippen molar-refractivity contribution in [3.8, 4) is 17.3 Å². The van der Waals surface area contributed by atoms with Crippen molar-refractivity contribution in [1.29, 1.82) is 0 Å². The average Bonchev–Trinajstić information content (AvgIpc) is 2.82. The van der Waals surface area contributed by atoms with E-state index >= 15 is 0 Å². The number of nitro benzene ring substituents is 1. The minimum Gasteiger partial charge on any atom is -0.492 e. The summed E-state index contributed by atoms with van der Waals surface area (Å²) in [6.45, 7) is 2.35. The number of aromatic nitrogens is 2. The van der Waals surface area contributed by atoms with Crippen LogP contribution in [0.2, 0.25) is 0 Å². The molecular formula is C14H16N4O5. The van der Waals surface area contributed by atoms with Crippen LogP contribution in [0.3, 0.4) is 0 Å². The number of carbonyl (C=O) groups is 1. The highest BCUT2D eigenvalue weighted by molar-refractivity contribution is 5.95. The van der Waals surface area contributed by atoms with Gasteiger partial charge in [-0.05, 0) is 6.42 Å². The fraction of sp³-hybridized carbons (Fsp3) is 0.286. The Morgan fingerprint density at radius 2 is 2.22 bits per heavy atom. The van der Waals surface area contributed by atoms with Crippen LogP contribution in [-0.4, -0.2) is 37.4 Å². The Morgan fingerprint density at radius 1 is 1.48 bits per heavy atom. The molecule has 0 bridgehead atoms. The molecule has 1 heterocycles. The highest BCUT2D eigenvalue weighted by atomic mass is 16.6. The van der Waals surface area contributed by atoms with E-state index < -0.39 is 22.4 Å². The van der Waals surface area contributed by atoms with E-state index in [1.165, 1.54) is 24.3 Å². The van der Waals surface area contributed by atoms with Crippen LogP contribution < -0.4 is 5.32 Å². The normalized spacial score (nSPS) is 10.5. The van der Waals surface area contributed by atoms with Crippen molar-refractivity contribution in [2.75, 3.05) is 6.54 Å². The molecule has 122 valence electrons. The summed E-state index contributed by atoms with van der Waals surface area (Å²) in [7, 11) is 0. The number of imidazole rings is 1. The largest absolute Gasteiger partial charge is 0.492 e. The number of non-ortho nitro benzene ring substituents is 1. The van der Waals surface area contributed by atoms with Gasteiger partial charge >= 0.3 is 0 Å². The molecule has 0 atom stereocenters. The molecule has 1 amide bonds. The second-order valence-electron chi connectivity index (χ2n) is 4.84. The molecule has 3 N–H and O–H groups in total. The SMILES string of the molecule is CCCCNC(=O)c1c(O)nc(-c2cccc([N+](=O)[O-])c2)n1O. The molecule has 0 saturated carbocycles. The van der Waals surface area contributed by atoms with E-state index in [0.717, 1.165) is 12.8 Å². The minimum atomic E-state index is -0.678. The Balaban J connectivity index is 2.35. The number of hydrogen-bond acceptors (Lipinski definition) is 6. The van der Waals surface area contributed by atoms with Gasteiger partial charge in [-0.3, -0.25) is 14.9 Å². The number of carbonyl (C=O) groups excluding carboxylic acids is 1. The predicted molar refractivity (Wildman–Crippen MR) is 80.4 cm³/mol. The van der Waals surface area contributed by atoms with Gasteiger partial charge < -0.3 is 15.6 Å². The van der Waals surface area contributed by atoms with E-state index in [-0.39, 0.29) is 17.1 Å². The first-order valence-corrected chi connectivity index (χ1v) is 6.99. The van der Waals surface area contributed by atoms with Gasteiger partial charge in [0.1, 0.15) is 0 Å². The number of amides is 1. The number of aromatic hydroxyl groups is 1. The van der Waals surface area contributed by atoms with Gasteiger partial charge in [-0.25, -0.2) is 0 Å². The van der Waals surface area contributed by atoms with E-state index in [9.17, 15) is 25.2 Å². The van der Waals surface area contributed by atoms with Crippen molar-refractivity contribution in [2.24, 2.45) is 0 Å². The molecule has 0 spiro atoms. The molecule has 0 saturated heterocycles. The summed E-state index contributed by atoms with van der Waals surface area (Å²) in [5.41, 5.74) is -0.411. The molecule has 1 aromatic carbocycles. The number of nitro groups is 1. The zero-order valence-electron chi connectivity index (χ0n) is 12.4. The van der Waals surface area contributed by atoms with Gasteiger partial charge in [0, 0.05) is 24.2 Å². The molecule has 0 radical (unpaired) electrons. The second kappa shape index (κ2) is 6.77. The highest BCUT2D eigenvalue weighted by Crippen LogP contribution is 2.27. The maximum Gasteiger partial charge on any atom is 0.277 e. The van der Waals surface area contributed by atoms with E-state index in [2.05, 4.69) is 10.3 Å². The molecule has 9 nitrogen and oxygen atoms in total. The summed E-state index contributed by atoms with van der Waals surface area (Å²) in [6.07, 6.45) is 1.63. The van der Waals surface area contributed by atoms with E-state index in [4.69, 9.17) is 0 Å². The number of unbranched alkanes of at least 4 members (excludes halogenated alkanes) is 1. The van der Waals surface area contributed by atoms with Crippen molar-refractivity contribution in [1.82, 2.24) is 15.0 Å². The first-order chi connectivity index (χ1) is 11.0. The molecule has 23 heavy (non-hydrogen) atoms. The predicted octanol–water partition coefficient (Wildman–Crippen LogP) is 1.93. The van der Waals surface area contributed by atoms with Gasteiger partial charge in [0.2, 0.25) is 11.6 Å². The van der Waals surface area contributed by atoms with Crippen LogP contribution >= 0.6 is 0 Å². The van der Waals surface area contributed by atoms with E-state index in [0.29, 0.717) is 11.3 Å². The summed E-state index contributed by atoms with van der Waals surface area (Å²) in [6, 6.07) is 5.36. The van der Waals surface area contributed by atoms with Crippen LogP contribution in [0.25, 0.3) is 11.4 Å². The zero-order chi connectivity index (χ0) is 17.0. The third-order valence-electron chi connectivity index (χ3n) is 3.18. The van der Waals surface area contributed by atoms with Crippen LogP contribution in [-0.2, 0) is 0 Å². The average molecular weight is 320 g/mol. The topological polar surface area (TPSA) is 131 Å². The highest BCUT2D eigenvalue weighted by Gasteiger charge is 2.24. The lowest BCUT2D eigenvalue weighted by Gasteiger charge is -2.05. The lowest BCUT2D eigenvalue weighted by molar-refractivity contribution is -0.384. The number of nitrogens with zero attached hydrogens (tertiary/aromatic N) is 3. The van der Waals surface area contributed by atoms with Gasteiger partial charge in [0.15, 0.2) is 5.82 Å². The Bertz CT molecular complexity index is 741. The van der Waals surface area contributed by atoms with Gasteiger partial charge in [0.05, 0.1) is 4.92 Å². The Hall–Kier alpha value is -3.10. The summed E-state index contributed by atoms with van der Waals surface area (Å²) in [5.74, 6) is -1.49. The molecule has 0 aliphatic heterocycles. The molecule has 0 aliphatic carbocycles. The first kappa shape index (κ1) is 16.3. The summed E-state index contributed by atoms with van der Waals surface area (Å²) in [5, 5.41) is 33.2. The number of hydrogen-bond donors (Lipinski definition) is 3. The molecule has 2 rings (SSSR count). The summed E-state index contributed by atoms with van der Waals surface area (Å²) in [4.78, 5) is 25.9. The third kappa shape index (κ3) is 3.39. The van der Waals surface area contributed by atoms with Crippen LogP contribution in [0, 0.1) is 10.1 Å². The maximum absolute atomic E-state index is 12.0. The third-order valence-corrected chi connectivity index (χ3v) is 3.18. The Labute approximate surface area is 131 Å². The van der Waals surface area contributed by atoms with E-state index in [1.54, 1.807) is 0 Å². The van der Waals surface area contributed by atoms with Crippen LogP contribution in [0.15, 0.2) is 24.3 Å². The quantitative estimate of drug-likeness (QED) is 0.322. The molecule has 0 unspecified atom stereocenters. The standard InChI is InChI=1S/C14H16N4O5/c1-2-3-7-15-13(19)11-14(20)16-12(17(11)21)9-5-4-6-10(8-9)18(22)23/h4-6,8,20-21H,2-3,7H2,1H3,(H,15,19). The number of nitrogens with one attached hydrogen (secondary N) is 1. The maximum atomic E-state index is 12.0. The fourth-order valence-electron chi connectivity index (χ4n) is 2.01. The Morgan fingerprint density at radius 3 is 2.87 bits per heavy atom. The second-order valence-corrected chi connectivity index (χ2v) is 4.84. The van der Waals surface area contributed by atoms with Crippen molar-refractivity contribution < 1.29 is 20.0 Å². The van der Waals surface area contributed by atoms with Crippen molar-refractivity contribution in [2.45, 2.75) is 19.8 Å². The summed E-state index contributed by atoms with van der Waals surface area (Å²) < 4.78 is 0.426. The van der Waals surface area contributed by atoms with Gasteiger partial charge in [-0.1, -0.05) is 25.5 Å². The molecule has 1 aromatic heterocycles. The monoisotopic (exact) mass is 320 g/mol. The molecule has 0 fully saturated rings. The van der Waals surface area contributed by atoms with Gasteiger partial charge in [0.25, 0.3) is 11.6 Å². The fourth-order valence-corrected chi connectivity index (χ4v) is 2.01. The van der Waals surface area contributed by atoms with Crippen LogP contribution in [0.4, 0.5) is 5.69 Å². The molecule has 2 aromatic rings. The van der Waals surface area contributed by atoms with Crippen LogP contribution in [0.5, 0.6) is 5.88 Å². The van der Waals surface area contributed by atoms with Gasteiger partial charge in [-0.15, -0.1) is 0 Å². The smallest absolute Gasteiger partial charge is 0.277 e. The number of benzene rings is 1. The van der Waals surface area contributed by atoms with Crippen molar-refractivity contribution in [3.63, 3.8) is 0 Å². The minimum absolute atomic E-state index is 0.160. The zero-order valence-corrected chi connectivity index (χ0v) is 12.4. The van der Waals surface area contributed by atoms with Crippen molar-refractivity contribution >= 4 is 11.6 Å². The lowest BCUT2D eigenvalue weighted by Crippen LogP contribution is -2.26. The number of rotatable bonds is 6. The molecule has 0 aliphatic rings.